The van der Waals surface area contributed by atoms with Crippen molar-refractivity contribution in [2.75, 3.05) is 5.75 Å². The maximum absolute atomic E-state index is 11.4. The van der Waals surface area contributed by atoms with E-state index in [2.05, 4.69) is 24.9 Å². The van der Waals surface area contributed by atoms with Gasteiger partial charge in [0, 0.05) is 11.3 Å². The van der Waals surface area contributed by atoms with Gasteiger partial charge in [0.25, 0.3) is 0 Å². The number of hydrogen-bond acceptors (Lipinski definition) is 3. The lowest BCUT2D eigenvalue weighted by molar-refractivity contribution is -0.120. The molecule has 1 fully saturated rings. The van der Waals surface area contributed by atoms with Crippen molar-refractivity contribution >= 4 is 30.3 Å². The average Bonchev–Trinajstić information content (AvgIpc) is 2.53. The first-order valence-electron chi connectivity index (χ1n) is 5.23. The summed E-state index contributed by atoms with van der Waals surface area (Å²) in [4.78, 5) is 11.4. The molecule has 0 saturated heterocycles. The van der Waals surface area contributed by atoms with Crippen LogP contribution in [-0.2, 0) is 4.79 Å². The molecule has 0 bridgehead atoms. The molecular weight excluding hydrogens is 214 g/mol. The largest absolute Gasteiger partial charge is 0.352 e. The van der Waals surface area contributed by atoms with Crippen molar-refractivity contribution in [1.29, 1.82) is 0 Å². The van der Waals surface area contributed by atoms with E-state index in [9.17, 15) is 4.79 Å². The number of hydrogen-bond donors (Lipinski definition) is 2. The Morgan fingerprint density at radius 2 is 2.36 bits per heavy atom. The topological polar surface area (TPSA) is 29.1 Å². The van der Waals surface area contributed by atoms with Gasteiger partial charge in [0.15, 0.2) is 0 Å². The predicted octanol–water partition coefficient (Wildman–Crippen LogP) is 2.10. The smallest absolute Gasteiger partial charge is 0.232 e. The highest BCUT2D eigenvalue weighted by Crippen LogP contribution is 2.29. The normalized spacial score (nSPS) is 28.8. The van der Waals surface area contributed by atoms with Crippen LogP contribution in [0.5, 0.6) is 0 Å². The maximum Gasteiger partial charge on any atom is 0.232 e. The van der Waals surface area contributed by atoms with E-state index < -0.39 is 0 Å². The summed E-state index contributed by atoms with van der Waals surface area (Å²) < 4.78 is 0. The maximum atomic E-state index is 11.4. The van der Waals surface area contributed by atoms with Crippen molar-refractivity contribution < 1.29 is 4.79 Å². The van der Waals surface area contributed by atoms with Crippen LogP contribution in [-0.4, -0.2) is 28.2 Å². The minimum atomic E-state index is -0.187. The number of nitrogens with one attached hydrogen (secondary N) is 1. The lowest BCUT2D eigenvalue weighted by Gasteiger charge is -2.14. The SMILES string of the molecule is CCSC1CCC(NC(=O)C(C)S)C1. The van der Waals surface area contributed by atoms with Crippen LogP contribution < -0.4 is 5.32 Å². The molecule has 1 N–H and O–H groups in total. The van der Waals surface area contributed by atoms with Gasteiger partial charge in [-0.25, -0.2) is 0 Å². The number of rotatable bonds is 4. The molecule has 3 atom stereocenters. The molecule has 0 aromatic rings. The predicted molar refractivity (Wildman–Crippen MR) is 66.1 cm³/mol. The first-order chi connectivity index (χ1) is 6.63. The van der Waals surface area contributed by atoms with Crippen molar-refractivity contribution in [3.05, 3.63) is 0 Å². The zero-order chi connectivity index (χ0) is 10.6. The molecule has 0 aromatic carbocycles. The van der Waals surface area contributed by atoms with Gasteiger partial charge in [0.05, 0.1) is 5.25 Å². The summed E-state index contributed by atoms with van der Waals surface area (Å²) in [6, 6.07) is 0.390. The molecule has 82 valence electrons. The quantitative estimate of drug-likeness (QED) is 0.728. The van der Waals surface area contributed by atoms with E-state index in [4.69, 9.17) is 0 Å². The minimum Gasteiger partial charge on any atom is -0.352 e. The highest BCUT2D eigenvalue weighted by molar-refractivity contribution is 7.99. The van der Waals surface area contributed by atoms with E-state index in [1.165, 1.54) is 12.2 Å². The third kappa shape index (κ3) is 3.73. The van der Waals surface area contributed by atoms with Gasteiger partial charge >= 0.3 is 0 Å². The van der Waals surface area contributed by atoms with Crippen LogP contribution in [0.15, 0.2) is 0 Å². The van der Waals surface area contributed by atoms with Crippen molar-refractivity contribution in [2.45, 2.75) is 49.7 Å². The summed E-state index contributed by atoms with van der Waals surface area (Å²) >= 11 is 6.12. The van der Waals surface area contributed by atoms with Crippen LogP contribution in [0.4, 0.5) is 0 Å². The van der Waals surface area contributed by atoms with Gasteiger partial charge in [-0.1, -0.05) is 6.92 Å². The fourth-order valence-corrected chi connectivity index (χ4v) is 3.00. The number of thiol groups is 1. The molecule has 0 heterocycles. The lowest BCUT2D eigenvalue weighted by atomic mass is 10.2. The van der Waals surface area contributed by atoms with E-state index in [0.29, 0.717) is 6.04 Å². The van der Waals surface area contributed by atoms with Gasteiger partial charge in [0.2, 0.25) is 5.91 Å². The Morgan fingerprint density at radius 3 is 2.93 bits per heavy atom. The fraction of sp³-hybridized carbons (Fsp3) is 0.900. The molecule has 0 spiro atoms. The average molecular weight is 233 g/mol. The highest BCUT2D eigenvalue weighted by Gasteiger charge is 2.26. The zero-order valence-corrected chi connectivity index (χ0v) is 10.5. The molecule has 2 nitrogen and oxygen atoms in total. The number of thioether (sulfide) groups is 1. The Balaban J connectivity index is 2.25. The molecule has 0 aliphatic heterocycles. The van der Waals surface area contributed by atoms with Crippen LogP contribution in [0.2, 0.25) is 0 Å². The van der Waals surface area contributed by atoms with Gasteiger partial charge in [-0.3, -0.25) is 4.79 Å². The molecule has 1 saturated carbocycles. The van der Waals surface area contributed by atoms with Crippen LogP contribution in [0.3, 0.4) is 0 Å². The standard InChI is InChI=1S/C10H19NOS2/c1-3-14-9-5-4-8(6-9)11-10(12)7(2)13/h7-9,13H,3-6H2,1-2H3,(H,11,12). The Morgan fingerprint density at radius 1 is 1.64 bits per heavy atom. The summed E-state index contributed by atoms with van der Waals surface area (Å²) in [6.45, 7) is 4.00. The third-order valence-corrected chi connectivity index (χ3v) is 3.98. The number of carbonyl (C=O) groups excluding carboxylic acids is 1. The van der Waals surface area contributed by atoms with Gasteiger partial charge in [-0.05, 0) is 31.9 Å². The molecule has 1 aliphatic carbocycles. The van der Waals surface area contributed by atoms with Gasteiger partial charge in [-0.15, -0.1) is 0 Å². The summed E-state index contributed by atoms with van der Waals surface area (Å²) in [5, 5.41) is 3.60. The van der Waals surface area contributed by atoms with E-state index in [0.717, 1.165) is 18.1 Å². The summed E-state index contributed by atoms with van der Waals surface area (Å²) in [6.07, 6.45) is 3.50. The second kappa shape index (κ2) is 5.91. The van der Waals surface area contributed by atoms with Crippen LogP contribution in [0.1, 0.15) is 33.1 Å². The Hall–Kier alpha value is 0.170. The fourth-order valence-electron chi connectivity index (χ4n) is 1.78. The monoisotopic (exact) mass is 233 g/mol. The minimum absolute atomic E-state index is 0.0699. The van der Waals surface area contributed by atoms with Crippen LogP contribution in [0, 0.1) is 0 Å². The van der Waals surface area contributed by atoms with Crippen molar-refractivity contribution in [2.24, 2.45) is 0 Å². The third-order valence-electron chi connectivity index (χ3n) is 2.51. The van der Waals surface area contributed by atoms with E-state index in [1.54, 1.807) is 0 Å². The molecule has 3 unspecified atom stereocenters. The molecule has 14 heavy (non-hydrogen) atoms. The molecule has 4 heteroatoms. The number of amides is 1. The summed E-state index contributed by atoms with van der Waals surface area (Å²) in [7, 11) is 0. The second-order valence-corrected chi connectivity index (χ2v) is 6.12. The molecule has 0 radical (unpaired) electrons. The van der Waals surface area contributed by atoms with Crippen LogP contribution >= 0.6 is 24.4 Å². The van der Waals surface area contributed by atoms with Gasteiger partial charge < -0.3 is 5.32 Å². The lowest BCUT2D eigenvalue weighted by Crippen LogP contribution is -2.37. The van der Waals surface area contributed by atoms with E-state index >= 15 is 0 Å². The van der Waals surface area contributed by atoms with Gasteiger partial charge in [0.1, 0.15) is 0 Å². The summed E-state index contributed by atoms with van der Waals surface area (Å²) in [5.74, 6) is 1.24. The molecule has 1 aliphatic rings. The first kappa shape index (κ1) is 12.2. The number of carbonyl (C=O) groups is 1. The van der Waals surface area contributed by atoms with E-state index in [-0.39, 0.29) is 11.2 Å². The van der Waals surface area contributed by atoms with Crippen molar-refractivity contribution in [1.82, 2.24) is 5.32 Å². The van der Waals surface area contributed by atoms with Crippen LogP contribution in [0.25, 0.3) is 0 Å². The van der Waals surface area contributed by atoms with Crippen molar-refractivity contribution in [3.8, 4) is 0 Å². The summed E-state index contributed by atoms with van der Waals surface area (Å²) in [5.41, 5.74) is 0. The second-order valence-electron chi connectivity index (χ2n) is 3.77. The van der Waals surface area contributed by atoms with E-state index in [1.807, 2.05) is 18.7 Å². The first-order valence-corrected chi connectivity index (χ1v) is 6.80. The molecule has 1 amide bonds. The van der Waals surface area contributed by atoms with Crippen molar-refractivity contribution in [3.63, 3.8) is 0 Å². The Kier molecular flexibility index (Phi) is 5.17. The zero-order valence-electron chi connectivity index (χ0n) is 8.82. The molecule has 1 rings (SSSR count). The van der Waals surface area contributed by atoms with Gasteiger partial charge in [-0.2, -0.15) is 24.4 Å². The Labute approximate surface area is 96.0 Å². The molecule has 0 aromatic heterocycles. The Bertz CT molecular complexity index is 197. The molecular formula is C10H19NOS2. The highest BCUT2D eigenvalue weighted by atomic mass is 32.2.